The molecule has 8 aromatic carbocycles. The Bertz CT molecular complexity index is 2820. The minimum atomic E-state index is -0.497. The predicted octanol–water partition coefficient (Wildman–Crippen LogP) is 11.7. The summed E-state index contributed by atoms with van der Waals surface area (Å²) in [5.74, 6) is 1.56. The van der Waals surface area contributed by atoms with Gasteiger partial charge in [0.15, 0.2) is 6.17 Å². The van der Waals surface area contributed by atoms with Crippen LogP contribution in [0.15, 0.2) is 190 Å². The van der Waals surface area contributed by atoms with Gasteiger partial charge in [-0.3, -0.25) is 0 Å². The lowest BCUT2D eigenvalue weighted by Gasteiger charge is -2.23. The lowest BCUT2D eigenvalue weighted by Crippen LogP contribution is -2.36. The van der Waals surface area contributed by atoms with Crippen molar-refractivity contribution in [2.75, 3.05) is 0 Å². The van der Waals surface area contributed by atoms with Crippen molar-refractivity contribution in [3.8, 4) is 22.3 Å². The van der Waals surface area contributed by atoms with Crippen LogP contribution in [0.2, 0.25) is 0 Å². The van der Waals surface area contributed by atoms with Gasteiger partial charge in [0.25, 0.3) is 0 Å². The van der Waals surface area contributed by atoms with E-state index >= 15 is 0 Å². The van der Waals surface area contributed by atoms with Gasteiger partial charge in [-0.15, -0.1) is 0 Å². The van der Waals surface area contributed by atoms with Crippen LogP contribution in [0.4, 0.5) is 0 Å². The van der Waals surface area contributed by atoms with Gasteiger partial charge in [-0.1, -0.05) is 164 Å². The third-order valence-corrected chi connectivity index (χ3v) is 9.95. The highest BCUT2D eigenvalue weighted by Gasteiger charge is 2.25. The Hall–Kier alpha value is -6.78. The normalized spacial score (nSPS) is 14.5. The quantitative estimate of drug-likeness (QED) is 0.188. The Morgan fingerprint density at radius 1 is 0.431 bits per heavy atom. The summed E-state index contributed by atoms with van der Waals surface area (Å²) in [5.41, 5.74) is 9.17. The molecule has 0 fully saturated rings. The Balaban J connectivity index is 1.15. The second-order valence-corrected chi connectivity index (χ2v) is 13.0. The molecule has 9 aromatic rings. The molecule has 0 saturated carbocycles. The molecule has 1 N–H and O–H groups in total. The van der Waals surface area contributed by atoms with Crippen molar-refractivity contribution >= 4 is 55.2 Å². The standard InChI is InChI=1S/C47H31N3O/c1-3-11-30(12-4-1)31-19-24-35(25-20-31)46-48-45(34-14-5-2-6-15-34)49-47(50-46)40-28-27-38(44-43(40)39-17-9-10-18-42(39)51-44)36-26-23-33-22-21-32-13-7-8-16-37(32)41(33)29-36/h1-29,47H,(H,48,49,50). The van der Waals surface area contributed by atoms with Crippen LogP contribution in [0.25, 0.3) is 65.7 Å². The number of rotatable bonds is 5. The van der Waals surface area contributed by atoms with E-state index in [1.165, 1.54) is 27.1 Å². The molecule has 0 aliphatic carbocycles. The predicted molar refractivity (Wildman–Crippen MR) is 211 cm³/mol. The van der Waals surface area contributed by atoms with Crippen molar-refractivity contribution in [3.05, 3.63) is 193 Å². The fourth-order valence-electron chi connectivity index (χ4n) is 7.40. The summed E-state index contributed by atoms with van der Waals surface area (Å²) in [6.45, 7) is 0. The van der Waals surface area contributed by atoms with Crippen molar-refractivity contribution in [1.82, 2.24) is 5.32 Å². The molecule has 51 heavy (non-hydrogen) atoms. The highest BCUT2D eigenvalue weighted by molar-refractivity contribution is 6.17. The van der Waals surface area contributed by atoms with Gasteiger partial charge in [-0.05, 0) is 50.4 Å². The Morgan fingerprint density at radius 3 is 1.75 bits per heavy atom. The van der Waals surface area contributed by atoms with Crippen LogP contribution in [0, 0.1) is 0 Å². The molecule has 1 aromatic heterocycles. The van der Waals surface area contributed by atoms with Gasteiger partial charge in [0.2, 0.25) is 0 Å². The minimum absolute atomic E-state index is 0.497. The molecule has 240 valence electrons. The molecular formula is C47H31N3O. The number of amidine groups is 2. The van der Waals surface area contributed by atoms with Gasteiger partial charge in [-0.2, -0.15) is 0 Å². The molecule has 1 aliphatic rings. The number of fused-ring (bicyclic) bond motifs is 6. The number of nitrogens with one attached hydrogen (secondary N) is 1. The molecular weight excluding hydrogens is 623 g/mol. The van der Waals surface area contributed by atoms with Crippen molar-refractivity contribution in [2.24, 2.45) is 9.98 Å². The minimum Gasteiger partial charge on any atom is -0.455 e. The topological polar surface area (TPSA) is 49.9 Å². The van der Waals surface area contributed by atoms with E-state index in [9.17, 15) is 0 Å². The fourth-order valence-corrected chi connectivity index (χ4v) is 7.40. The van der Waals surface area contributed by atoms with Crippen molar-refractivity contribution in [1.29, 1.82) is 0 Å². The van der Waals surface area contributed by atoms with E-state index in [1.54, 1.807) is 0 Å². The van der Waals surface area contributed by atoms with Crippen LogP contribution in [0.1, 0.15) is 22.9 Å². The highest BCUT2D eigenvalue weighted by Crippen LogP contribution is 2.42. The number of furan rings is 1. The summed E-state index contributed by atoms with van der Waals surface area (Å²) in [4.78, 5) is 10.5. The van der Waals surface area contributed by atoms with Crippen LogP contribution in [0.3, 0.4) is 0 Å². The molecule has 2 heterocycles. The van der Waals surface area contributed by atoms with E-state index in [0.29, 0.717) is 0 Å². The molecule has 1 unspecified atom stereocenters. The maximum absolute atomic E-state index is 6.73. The number of para-hydroxylation sites is 1. The molecule has 0 radical (unpaired) electrons. The first kappa shape index (κ1) is 29.2. The molecule has 0 spiro atoms. The van der Waals surface area contributed by atoms with Crippen LogP contribution in [0.5, 0.6) is 0 Å². The van der Waals surface area contributed by atoms with E-state index in [0.717, 1.165) is 67.0 Å². The number of hydrogen-bond donors (Lipinski definition) is 1. The van der Waals surface area contributed by atoms with Gasteiger partial charge >= 0.3 is 0 Å². The summed E-state index contributed by atoms with van der Waals surface area (Å²) >= 11 is 0. The van der Waals surface area contributed by atoms with Gasteiger partial charge in [0, 0.05) is 33.0 Å². The summed E-state index contributed by atoms with van der Waals surface area (Å²) in [5, 5.41) is 10.6. The molecule has 4 heteroatoms. The van der Waals surface area contributed by atoms with Crippen molar-refractivity contribution in [3.63, 3.8) is 0 Å². The largest absolute Gasteiger partial charge is 0.455 e. The Kier molecular flexibility index (Phi) is 6.85. The Morgan fingerprint density at radius 2 is 0.980 bits per heavy atom. The summed E-state index contributed by atoms with van der Waals surface area (Å²) in [7, 11) is 0. The molecule has 1 aliphatic heterocycles. The summed E-state index contributed by atoms with van der Waals surface area (Å²) in [6.07, 6.45) is -0.497. The first-order valence-electron chi connectivity index (χ1n) is 17.3. The number of nitrogens with zero attached hydrogens (tertiary/aromatic N) is 2. The molecule has 0 saturated heterocycles. The van der Waals surface area contributed by atoms with Gasteiger partial charge in [0.1, 0.15) is 22.8 Å². The van der Waals surface area contributed by atoms with Crippen LogP contribution in [-0.2, 0) is 0 Å². The lowest BCUT2D eigenvalue weighted by atomic mass is 9.94. The zero-order chi connectivity index (χ0) is 33.7. The van der Waals surface area contributed by atoms with E-state index < -0.39 is 6.17 Å². The number of hydrogen-bond acceptors (Lipinski definition) is 4. The average Bonchev–Trinajstić information content (AvgIpc) is 3.61. The maximum Gasteiger partial charge on any atom is 0.170 e. The number of benzene rings is 8. The van der Waals surface area contributed by atoms with Gasteiger partial charge in [0.05, 0.1) is 0 Å². The van der Waals surface area contributed by atoms with Gasteiger partial charge in [-0.25, -0.2) is 9.98 Å². The fraction of sp³-hybridized carbons (Fsp3) is 0.0213. The highest BCUT2D eigenvalue weighted by atomic mass is 16.3. The molecule has 10 rings (SSSR count). The maximum atomic E-state index is 6.73. The second kappa shape index (κ2) is 12.0. The van der Waals surface area contributed by atoms with Crippen molar-refractivity contribution < 1.29 is 4.42 Å². The van der Waals surface area contributed by atoms with Crippen LogP contribution < -0.4 is 5.32 Å². The molecule has 0 bridgehead atoms. The monoisotopic (exact) mass is 653 g/mol. The molecule has 4 nitrogen and oxygen atoms in total. The molecule has 0 amide bonds. The zero-order valence-corrected chi connectivity index (χ0v) is 27.6. The smallest absolute Gasteiger partial charge is 0.170 e. The van der Waals surface area contributed by atoms with E-state index in [4.69, 9.17) is 14.4 Å². The Labute approximate surface area is 295 Å². The van der Waals surface area contributed by atoms with E-state index in [2.05, 4.69) is 145 Å². The van der Waals surface area contributed by atoms with E-state index in [-0.39, 0.29) is 0 Å². The van der Waals surface area contributed by atoms with E-state index in [1.807, 2.05) is 36.4 Å². The lowest BCUT2D eigenvalue weighted by molar-refractivity contribution is 0.668. The average molecular weight is 654 g/mol. The van der Waals surface area contributed by atoms with Crippen LogP contribution in [-0.4, -0.2) is 11.7 Å². The zero-order valence-electron chi connectivity index (χ0n) is 27.6. The third kappa shape index (κ3) is 5.08. The first-order valence-corrected chi connectivity index (χ1v) is 17.3. The van der Waals surface area contributed by atoms with Gasteiger partial charge < -0.3 is 9.73 Å². The van der Waals surface area contributed by atoms with Crippen molar-refractivity contribution in [2.45, 2.75) is 6.17 Å². The second-order valence-electron chi connectivity index (χ2n) is 13.0. The van der Waals surface area contributed by atoms with Crippen LogP contribution >= 0.6 is 0 Å². The SMILES string of the molecule is c1ccc(C2=NC(c3ccc(-c4ccc5ccc6ccccc6c5c4)c4oc5ccccc5c34)N=C(c3ccc(-c4ccccc4)cc3)N2)cc1. The number of aliphatic imine (C=N–C) groups is 2. The third-order valence-electron chi connectivity index (χ3n) is 9.95. The first-order chi connectivity index (χ1) is 25.3. The summed E-state index contributed by atoms with van der Waals surface area (Å²) < 4.78 is 6.73. The molecule has 1 atom stereocenters. The summed E-state index contributed by atoms with van der Waals surface area (Å²) in [6, 6.07) is 61.6.